The molecule has 3 rings (SSSR count). The first kappa shape index (κ1) is 14.3. The molecule has 0 amide bonds. The SMILES string of the molecule is O=C(O)C1CSCN1S(=O)(=O)c1cccc2cnccc12. The number of fused-ring (bicyclic) bond motifs is 1. The van der Waals surface area contributed by atoms with E-state index in [-0.39, 0.29) is 16.5 Å². The Morgan fingerprint density at radius 3 is 2.95 bits per heavy atom. The summed E-state index contributed by atoms with van der Waals surface area (Å²) in [7, 11) is -3.86. The maximum atomic E-state index is 12.8. The third kappa shape index (κ3) is 2.39. The van der Waals surface area contributed by atoms with Crippen LogP contribution in [0.1, 0.15) is 0 Å². The largest absolute Gasteiger partial charge is 0.480 e. The summed E-state index contributed by atoms with van der Waals surface area (Å²) in [6.45, 7) is 0. The Balaban J connectivity index is 2.15. The maximum Gasteiger partial charge on any atom is 0.322 e. The molecule has 1 fully saturated rings. The molecular weight excluding hydrogens is 312 g/mol. The predicted octanol–water partition coefficient (Wildman–Crippen LogP) is 1.38. The number of carbonyl (C=O) groups is 1. The molecule has 0 aliphatic carbocycles. The van der Waals surface area contributed by atoms with E-state index in [1.165, 1.54) is 24.0 Å². The zero-order valence-corrected chi connectivity index (χ0v) is 12.5. The lowest BCUT2D eigenvalue weighted by Gasteiger charge is -2.20. The van der Waals surface area contributed by atoms with E-state index in [9.17, 15) is 18.3 Å². The van der Waals surface area contributed by atoms with Crippen LogP contribution in [0.4, 0.5) is 0 Å². The molecule has 1 aliphatic rings. The van der Waals surface area contributed by atoms with Gasteiger partial charge in [0.05, 0.1) is 10.8 Å². The van der Waals surface area contributed by atoms with Crippen LogP contribution in [0, 0.1) is 0 Å². The molecular formula is C13H12N2O4S2. The van der Waals surface area contributed by atoms with Crippen molar-refractivity contribution in [3.63, 3.8) is 0 Å². The van der Waals surface area contributed by atoms with Gasteiger partial charge in [0.1, 0.15) is 6.04 Å². The van der Waals surface area contributed by atoms with Gasteiger partial charge in [0.2, 0.25) is 10.0 Å². The number of hydrogen-bond acceptors (Lipinski definition) is 5. The number of aliphatic carboxylic acids is 1. The van der Waals surface area contributed by atoms with Crippen molar-refractivity contribution in [1.29, 1.82) is 0 Å². The molecule has 0 spiro atoms. The smallest absolute Gasteiger partial charge is 0.322 e. The summed E-state index contributed by atoms with van der Waals surface area (Å²) in [4.78, 5) is 15.3. The monoisotopic (exact) mass is 324 g/mol. The molecule has 1 saturated heterocycles. The lowest BCUT2D eigenvalue weighted by Crippen LogP contribution is -2.41. The Morgan fingerprint density at radius 1 is 1.38 bits per heavy atom. The van der Waals surface area contributed by atoms with Gasteiger partial charge in [0, 0.05) is 28.9 Å². The number of carboxylic acid groups (broad SMARTS) is 1. The van der Waals surface area contributed by atoms with E-state index in [2.05, 4.69) is 4.98 Å². The molecule has 1 aromatic heterocycles. The highest BCUT2D eigenvalue weighted by Gasteiger charge is 2.40. The first-order chi connectivity index (χ1) is 10.0. The van der Waals surface area contributed by atoms with Crippen molar-refractivity contribution in [3.8, 4) is 0 Å². The lowest BCUT2D eigenvalue weighted by molar-refractivity contribution is -0.140. The summed E-state index contributed by atoms with van der Waals surface area (Å²) >= 11 is 1.30. The highest BCUT2D eigenvalue weighted by atomic mass is 32.2. The van der Waals surface area contributed by atoms with Gasteiger partial charge in [-0.25, -0.2) is 8.42 Å². The van der Waals surface area contributed by atoms with Crippen molar-refractivity contribution in [2.24, 2.45) is 0 Å². The van der Waals surface area contributed by atoms with Gasteiger partial charge in [-0.3, -0.25) is 9.78 Å². The van der Waals surface area contributed by atoms with Crippen molar-refractivity contribution >= 4 is 38.5 Å². The molecule has 0 bridgehead atoms. The molecule has 110 valence electrons. The van der Waals surface area contributed by atoms with E-state index in [1.807, 2.05) is 0 Å². The average Bonchev–Trinajstić information content (AvgIpc) is 2.97. The summed E-state index contributed by atoms with van der Waals surface area (Å²) in [6.07, 6.45) is 3.11. The lowest BCUT2D eigenvalue weighted by atomic mass is 10.2. The summed E-state index contributed by atoms with van der Waals surface area (Å²) in [5.41, 5.74) is 0. The average molecular weight is 324 g/mol. The molecule has 1 unspecified atom stereocenters. The molecule has 0 radical (unpaired) electrons. The molecule has 1 aliphatic heterocycles. The van der Waals surface area contributed by atoms with Gasteiger partial charge in [-0.05, 0) is 12.1 Å². The summed E-state index contributed by atoms with van der Waals surface area (Å²) in [5, 5.41) is 10.4. The van der Waals surface area contributed by atoms with Crippen molar-refractivity contribution < 1.29 is 18.3 Å². The highest BCUT2D eigenvalue weighted by Crippen LogP contribution is 2.31. The van der Waals surface area contributed by atoms with Gasteiger partial charge in [-0.1, -0.05) is 12.1 Å². The third-order valence-corrected chi connectivity index (χ3v) is 6.44. The van der Waals surface area contributed by atoms with Crippen LogP contribution < -0.4 is 0 Å². The molecule has 1 N–H and O–H groups in total. The summed E-state index contributed by atoms with van der Waals surface area (Å²) in [6, 6.07) is 5.52. The van der Waals surface area contributed by atoms with Crippen LogP contribution in [0.15, 0.2) is 41.6 Å². The van der Waals surface area contributed by atoms with Crippen molar-refractivity contribution in [2.45, 2.75) is 10.9 Å². The van der Waals surface area contributed by atoms with Crippen LogP contribution in [0.25, 0.3) is 10.8 Å². The van der Waals surface area contributed by atoms with Crippen LogP contribution in [0.3, 0.4) is 0 Å². The number of aromatic nitrogens is 1. The standard InChI is InChI=1S/C13H12N2O4S2/c16-13(17)11-7-20-8-15(11)21(18,19)12-3-1-2-9-6-14-5-4-10(9)12/h1-6,11H,7-8H2,(H,16,17). The van der Waals surface area contributed by atoms with Crippen LogP contribution in [0.5, 0.6) is 0 Å². The van der Waals surface area contributed by atoms with E-state index >= 15 is 0 Å². The molecule has 1 aromatic carbocycles. The van der Waals surface area contributed by atoms with Gasteiger partial charge in [0.15, 0.2) is 0 Å². The fourth-order valence-corrected chi connectivity index (χ4v) is 5.65. The second kappa shape index (κ2) is 5.28. The maximum absolute atomic E-state index is 12.8. The third-order valence-electron chi connectivity index (χ3n) is 3.35. The number of carboxylic acids is 1. The van der Waals surface area contributed by atoms with E-state index in [4.69, 9.17) is 0 Å². The highest BCUT2D eigenvalue weighted by molar-refractivity contribution is 8.00. The number of pyridine rings is 1. The zero-order chi connectivity index (χ0) is 15.0. The minimum absolute atomic E-state index is 0.121. The fraction of sp³-hybridized carbons (Fsp3) is 0.231. The predicted molar refractivity (Wildman–Crippen MR) is 79.5 cm³/mol. The van der Waals surface area contributed by atoms with E-state index in [0.717, 1.165) is 4.31 Å². The number of sulfonamides is 1. The van der Waals surface area contributed by atoms with Gasteiger partial charge in [-0.2, -0.15) is 4.31 Å². The van der Waals surface area contributed by atoms with Crippen LogP contribution in [-0.4, -0.2) is 46.5 Å². The second-order valence-electron chi connectivity index (χ2n) is 4.60. The number of nitrogens with zero attached hydrogens (tertiary/aromatic N) is 2. The topological polar surface area (TPSA) is 87.6 Å². The number of thioether (sulfide) groups is 1. The van der Waals surface area contributed by atoms with E-state index in [1.54, 1.807) is 24.4 Å². The molecule has 0 saturated carbocycles. The van der Waals surface area contributed by atoms with Gasteiger partial charge in [0.25, 0.3) is 0 Å². The Bertz CT molecular complexity index is 801. The Hall–Kier alpha value is -1.64. The van der Waals surface area contributed by atoms with Crippen LogP contribution >= 0.6 is 11.8 Å². The van der Waals surface area contributed by atoms with Crippen LogP contribution in [-0.2, 0) is 14.8 Å². The van der Waals surface area contributed by atoms with Crippen molar-refractivity contribution in [3.05, 3.63) is 36.7 Å². The quantitative estimate of drug-likeness (QED) is 0.918. The van der Waals surface area contributed by atoms with Gasteiger partial charge < -0.3 is 5.11 Å². The molecule has 6 nitrogen and oxygen atoms in total. The molecule has 8 heteroatoms. The minimum Gasteiger partial charge on any atom is -0.480 e. The molecule has 2 aromatic rings. The minimum atomic E-state index is -3.86. The van der Waals surface area contributed by atoms with Crippen molar-refractivity contribution in [1.82, 2.24) is 9.29 Å². The summed E-state index contributed by atoms with van der Waals surface area (Å²) in [5.74, 6) is -0.702. The fourth-order valence-electron chi connectivity index (χ4n) is 2.30. The number of rotatable bonds is 3. The first-order valence-electron chi connectivity index (χ1n) is 6.17. The second-order valence-corrected chi connectivity index (χ2v) is 7.46. The molecule has 1 atom stereocenters. The Morgan fingerprint density at radius 2 is 2.19 bits per heavy atom. The summed E-state index contributed by atoms with van der Waals surface area (Å²) < 4.78 is 26.6. The number of hydrogen-bond donors (Lipinski definition) is 1. The van der Waals surface area contributed by atoms with Crippen LogP contribution in [0.2, 0.25) is 0 Å². The van der Waals surface area contributed by atoms with Crippen molar-refractivity contribution in [2.75, 3.05) is 11.6 Å². The van der Waals surface area contributed by atoms with Gasteiger partial charge >= 0.3 is 5.97 Å². The molecule has 21 heavy (non-hydrogen) atoms. The zero-order valence-electron chi connectivity index (χ0n) is 10.8. The van der Waals surface area contributed by atoms with E-state index < -0.39 is 22.0 Å². The Labute approximate surface area is 125 Å². The first-order valence-corrected chi connectivity index (χ1v) is 8.76. The number of benzene rings is 1. The molecule has 2 heterocycles. The normalized spacial score (nSPS) is 19.9. The van der Waals surface area contributed by atoms with E-state index in [0.29, 0.717) is 10.8 Å². The van der Waals surface area contributed by atoms with Gasteiger partial charge in [-0.15, -0.1) is 11.8 Å². The Kier molecular flexibility index (Phi) is 3.60.